The summed E-state index contributed by atoms with van der Waals surface area (Å²) in [5, 5.41) is 2.92. The average Bonchev–Trinajstić information content (AvgIpc) is 3.36. The molecule has 1 N–H and O–H groups in total. The van der Waals surface area contributed by atoms with Crippen molar-refractivity contribution < 1.29 is 23.2 Å². The fourth-order valence-electron chi connectivity index (χ4n) is 2.77. The normalized spacial score (nSPS) is 15.9. The first-order valence-corrected chi connectivity index (χ1v) is 9.14. The molecule has 0 aliphatic carbocycles. The summed E-state index contributed by atoms with van der Waals surface area (Å²) in [6, 6.07) is 10.7. The van der Waals surface area contributed by atoms with Gasteiger partial charge in [0, 0.05) is 5.56 Å². The molecule has 1 aliphatic rings. The topological polar surface area (TPSA) is 92.8 Å². The SMILES string of the molecule is O=C1NC(=O)N(Cc2ccco2)C(=O)/C1=C/c1ccc(-c2ccc(Cl)c(Cl)c2)o1. The van der Waals surface area contributed by atoms with Gasteiger partial charge in [-0.15, -0.1) is 0 Å². The van der Waals surface area contributed by atoms with E-state index in [9.17, 15) is 14.4 Å². The summed E-state index contributed by atoms with van der Waals surface area (Å²) in [5.74, 6) is -0.410. The molecule has 0 atom stereocenters. The molecule has 0 bridgehead atoms. The molecule has 4 amide bonds. The molecule has 2 aromatic heterocycles. The second-order valence-electron chi connectivity index (χ2n) is 6.12. The van der Waals surface area contributed by atoms with Crippen molar-refractivity contribution in [3.8, 4) is 11.3 Å². The third kappa shape index (κ3) is 3.83. The number of carbonyl (C=O) groups is 3. The number of imide groups is 2. The first-order chi connectivity index (χ1) is 13.9. The van der Waals surface area contributed by atoms with Gasteiger partial charge in [-0.05, 0) is 48.5 Å². The third-order valence-electron chi connectivity index (χ3n) is 4.20. The number of urea groups is 1. The lowest BCUT2D eigenvalue weighted by atomic mass is 10.1. The number of halogens is 2. The molecule has 0 spiro atoms. The van der Waals surface area contributed by atoms with Crippen LogP contribution in [0.15, 0.2) is 63.1 Å². The fourth-order valence-corrected chi connectivity index (χ4v) is 3.07. The second kappa shape index (κ2) is 7.62. The lowest BCUT2D eigenvalue weighted by Crippen LogP contribution is -2.53. The Morgan fingerprint density at radius 2 is 1.86 bits per heavy atom. The number of amides is 4. The molecule has 7 nitrogen and oxygen atoms in total. The minimum Gasteiger partial charge on any atom is -0.467 e. The number of rotatable bonds is 4. The number of nitrogens with one attached hydrogen (secondary N) is 1. The zero-order valence-corrected chi connectivity index (χ0v) is 16.2. The standard InChI is InChI=1S/C20H12Cl2N2O5/c21-15-5-3-11(8-16(15)22)17-6-4-12(29-17)9-14-18(25)23-20(27)24(19(14)26)10-13-2-1-7-28-13/h1-9H,10H2,(H,23,25,27)/b14-9+. The van der Waals surface area contributed by atoms with Crippen LogP contribution in [-0.4, -0.2) is 22.7 Å². The van der Waals surface area contributed by atoms with E-state index in [-0.39, 0.29) is 17.9 Å². The van der Waals surface area contributed by atoms with Gasteiger partial charge in [0.25, 0.3) is 11.8 Å². The predicted molar refractivity (Wildman–Crippen MR) is 105 cm³/mol. The zero-order valence-electron chi connectivity index (χ0n) is 14.6. The summed E-state index contributed by atoms with van der Waals surface area (Å²) < 4.78 is 10.9. The highest BCUT2D eigenvalue weighted by molar-refractivity contribution is 6.42. The molecule has 29 heavy (non-hydrogen) atoms. The van der Waals surface area contributed by atoms with E-state index >= 15 is 0 Å². The lowest BCUT2D eigenvalue weighted by molar-refractivity contribution is -0.130. The van der Waals surface area contributed by atoms with Crippen molar-refractivity contribution in [1.29, 1.82) is 0 Å². The Labute approximate surface area is 174 Å². The van der Waals surface area contributed by atoms with Crippen molar-refractivity contribution in [3.05, 3.63) is 75.9 Å². The van der Waals surface area contributed by atoms with Crippen LogP contribution in [0, 0.1) is 0 Å². The Balaban J connectivity index is 1.61. The molecule has 3 aromatic rings. The monoisotopic (exact) mass is 430 g/mol. The molecule has 0 saturated carbocycles. The van der Waals surface area contributed by atoms with Crippen molar-refractivity contribution >= 4 is 47.1 Å². The maximum Gasteiger partial charge on any atom is 0.331 e. The molecular formula is C20H12Cl2N2O5. The van der Waals surface area contributed by atoms with Gasteiger partial charge in [-0.1, -0.05) is 23.2 Å². The maximum atomic E-state index is 12.7. The van der Waals surface area contributed by atoms with Crippen molar-refractivity contribution in [2.24, 2.45) is 0 Å². The largest absolute Gasteiger partial charge is 0.467 e. The van der Waals surface area contributed by atoms with Crippen LogP contribution in [0.1, 0.15) is 11.5 Å². The third-order valence-corrected chi connectivity index (χ3v) is 4.94. The van der Waals surface area contributed by atoms with E-state index in [4.69, 9.17) is 32.0 Å². The molecule has 1 saturated heterocycles. The number of hydrogen-bond acceptors (Lipinski definition) is 5. The molecule has 3 heterocycles. The molecule has 0 radical (unpaired) electrons. The summed E-state index contributed by atoms with van der Waals surface area (Å²) in [7, 11) is 0. The minimum absolute atomic E-state index is 0.102. The summed E-state index contributed by atoms with van der Waals surface area (Å²) >= 11 is 11.9. The fraction of sp³-hybridized carbons (Fsp3) is 0.0500. The Morgan fingerprint density at radius 1 is 1.03 bits per heavy atom. The Bertz CT molecular complexity index is 1150. The smallest absolute Gasteiger partial charge is 0.331 e. The maximum absolute atomic E-state index is 12.7. The number of nitrogens with zero attached hydrogens (tertiary/aromatic N) is 1. The molecule has 1 fully saturated rings. The summed E-state index contributed by atoms with van der Waals surface area (Å²) in [6.45, 7) is -0.102. The van der Waals surface area contributed by atoms with E-state index in [1.807, 2.05) is 0 Å². The highest BCUT2D eigenvalue weighted by Crippen LogP contribution is 2.30. The van der Waals surface area contributed by atoms with Crippen molar-refractivity contribution in [1.82, 2.24) is 10.2 Å². The van der Waals surface area contributed by atoms with Crippen LogP contribution >= 0.6 is 23.2 Å². The quantitative estimate of drug-likeness (QED) is 0.485. The zero-order chi connectivity index (χ0) is 20.5. The first kappa shape index (κ1) is 19.0. The van der Waals surface area contributed by atoms with Crippen LogP contribution in [0.2, 0.25) is 10.0 Å². The van der Waals surface area contributed by atoms with Gasteiger partial charge < -0.3 is 8.83 Å². The van der Waals surface area contributed by atoms with Gasteiger partial charge in [0.15, 0.2) is 0 Å². The minimum atomic E-state index is -0.815. The van der Waals surface area contributed by atoms with Crippen LogP contribution in [0.5, 0.6) is 0 Å². The van der Waals surface area contributed by atoms with Gasteiger partial charge in [0.2, 0.25) is 0 Å². The number of hydrogen-bond donors (Lipinski definition) is 1. The summed E-state index contributed by atoms with van der Waals surface area (Å²) in [6.07, 6.45) is 2.71. The van der Waals surface area contributed by atoms with Gasteiger partial charge in [-0.2, -0.15) is 0 Å². The van der Waals surface area contributed by atoms with Crippen LogP contribution in [0.3, 0.4) is 0 Å². The van der Waals surface area contributed by atoms with Gasteiger partial charge in [0.1, 0.15) is 22.9 Å². The molecule has 1 aliphatic heterocycles. The number of furan rings is 2. The van der Waals surface area contributed by atoms with Gasteiger partial charge in [0.05, 0.1) is 22.9 Å². The van der Waals surface area contributed by atoms with Crippen molar-refractivity contribution in [2.75, 3.05) is 0 Å². The predicted octanol–water partition coefficient (Wildman–Crippen LogP) is 4.51. The van der Waals surface area contributed by atoms with Gasteiger partial charge >= 0.3 is 6.03 Å². The van der Waals surface area contributed by atoms with E-state index in [0.29, 0.717) is 27.1 Å². The van der Waals surface area contributed by atoms with Crippen LogP contribution in [0.4, 0.5) is 4.79 Å². The Hall–Kier alpha value is -3.29. The molecule has 0 unspecified atom stereocenters. The summed E-state index contributed by atoms with van der Waals surface area (Å²) in [5.41, 5.74) is 0.448. The molecule has 4 rings (SSSR count). The molecule has 9 heteroatoms. The first-order valence-electron chi connectivity index (χ1n) is 8.39. The number of barbiturate groups is 1. The second-order valence-corrected chi connectivity index (χ2v) is 6.93. The van der Waals surface area contributed by atoms with E-state index in [0.717, 1.165) is 4.90 Å². The number of benzene rings is 1. The lowest BCUT2D eigenvalue weighted by Gasteiger charge is -2.25. The molecule has 146 valence electrons. The van der Waals surface area contributed by atoms with E-state index in [2.05, 4.69) is 5.32 Å². The highest BCUT2D eigenvalue weighted by atomic mass is 35.5. The van der Waals surface area contributed by atoms with Crippen molar-refractivity contribution in [2.45, 2.75) is 6.54 Å². The summed E-state index contributed by atoms with van der Waals surface area (Å²) in [4.78, 5) is 37.8. The van der Waals surface area contributed by atoms with Crippen molar-refractivity contribution in [3.63, 3.8) is 0 Å². The van der Waals surface area contributed by atoms with Crippen LogP contribution < -0.4 is 5.32 Å². The van der Waals surface area contributed by atoms with E-state index in [1.165, 1.54) is 12.3 Å². The number of carbonyl (C=O) groups excluding carboxylic acids is 3. The molecular weight excluding hydrogens is 419 g/mol. The highest BCUT2D eigenvalue weighted by Gasteiger charge is 2.36. The van der Waals surface area contributed by atoms with Crippen LogP contribution in [0.25, 0.3) is 17.4 Å². The Kier molecular flexibility index (Phi) is 5.00. The molecule has 1 aromatic carbocycles. The van der Waals surface area contributed by atoms with Gasteiger partial charge in [-0.3, -0.25) is 19.8 Å². The van der Waals surface area contributed by atoms with Crippen LogP contribution in [-0.2, 0) is 16.1 Å². The van der Waals surface area contributed by atoms with Gasteiger partial charge in [-0.25, -0.2) is 4.79 Å². The average molecular weight is 431 g/mol. The van der Waals surface area contributed by atoms with E-state index in [1.54, 1.807) is 42.5 Å². The Morgan fingerprint density at radius 3 is 2.59 bits per heavy atom. The van der Waals surface area contributed by atoms with E-state index < -0.39 is 17.8 Å².